The molecule has 0 aromatic heterocycles. The first-order chi connectivity index (χ1) is 18.2. The molecule has 0 N–H and O–H groups in total. The molecule has 0 spiro atoms. The average molecular weight is 590 g/mol. The van der Waals surface area contributed by atoms with Crippen molar-refractivity contribution in [2.24, 2.45) is 0 Å². The topological polar surface area (TPSA) is 35.5 Å². The molecule has 3 aromatic rings. The predicted octanol–water partition coefficient (Wildman–Crippen LogP) is 8.70. The van der Waals surface area contributed by atoms with Crippen LogP contribution >= 0.6 is 0 Å². The van der Waals surface area contributed by atoms with Gasteiger partial charge in [-0.05, 0) is 59.7 Å². The summed E-state index contributed by atoms with van der Waals surface area (Å²) in [6.07, 6.45) is -20.5. The van der Waals surface area contributed by atoms with Crippen LogP contribution in [0.25, 0.3) is 0 Å². The highest BCUT2D eigenvalue weighted by molar-refractivity contribution is 5.92. The third kappa shape index (κ3) is 7.82. The maximum absolute atomic E-state index is 13.1. The smallest absolute Gasteiger partial charge is 0.416 e. The van der Waals surface area contributed by atoms with Gasteiger partial charge < -0.3 is 9.47 Å². The van der Waals surface area contributed by atoms with E-state index in [2.05, 4.69) is 0 Å². The molecule has 0 unspecified atom stereocenters. The molecule has 3 rings (SSSR count). The van der Waals surface area contributed by atoms with Crippen molar-refractivity contribution < 1.29 is 67.0 Å². The Morgan fingerprint density at radius 3 is 1.32 bits per heavy atom. The van der Waals surface area contributed by atoms with Crippen molar-refractivity contribution in [2.75, 3.05) is 0 Å². The molecule has 3 aromatic carbocycles. The number of rotatable bonds is 6. The van der Waals surface area contributed by atoms with Crippen LogP contribution in [0.5, 0.6) is 5.75 Å². The molecule has 0 heterocycles. The largest absolute Gasteiger partial charge is 0.488 e. The fourth-order valence-electron chi connectivity index (χ4n) is 3.35. The zero-order valence-electron chi connectivity index (χ0n) is 19.4. The van der Waals surface area contributed by atoms with E-state index in [-0.39, 0.29) is 12.1 Å². The SMILES string of the molecule is O=C(OCc1cc(C(F)(F)F)cc(C(F)(F)F)c1)c1ccccc1OCc1cc(C(F)(F)F)cc(C(F)(F)F)c1. The van der Waals surface area contributed by atoms with Crippen LogP contribution in [0.1, 0.15) is 43.7 Å². The van der Waals surface area contributed by atoms with E-state index in [4.69, 9.17) is 9.47 Å². The van der Waals surface area contributed by atoms with Gasteiger partial charge in [0, 0.05) is 0 Å². The van der Waals surface area contributed by atoms with Crippen LogP contribution < -0.4 is 4.74 Å². The summed E-state index contributed by atoms with van der Waals surface area (Å²) in [5.41, 5.74) is -8.16. The zero-order chi connectivity index (χ0) is 30.1. The minimum absolute atomic E-state index is 0.0905. The highest BCUT2D eigenvalue weighted by atomic mass is 19.4. The Morgan fingerprint density at radius 2 is 0.925 bits per heavy atom. The van der Waals surface area contributed by atoms with Crippen molar-refractivity contribution in [3.63, 3.8) is 0 Å². The molecule has 0 amide bonds. The standard InChI is InChI=1S/C25H14F12O3/c26-22(27,28)15-5-13(6-16(9-15)23(29,30)31)11-39-20-4-2-1-3-19(20)21(38)40-12-14-7-17(24(32,33)34)10-18(8-14)25(35,36)37/h1-10H,11-12H2. The van der Waals surface area contributed by atoms with Gasteiger partial charge in [0.2, 0.25) is 0 Å². The first-order valence-electron chi connectivity index (χ1n) is 10.7. The summed E-state index contributed by atoms with van der Waals surface area (Å²) >= 11 is 0. The molecule has 0 atom stereocenters. The van der Waals surface area contributed by atoms with Crippen LogP contribution in [0, 0.1) is 0 Å². The monoisotopic (exact) mass is 590 g/mol. The lowest BCUT2D eigenvalue weighted by molar-refractivity contribution is -0.144. The number of ether oxygens (including phenoxy) is 2. The molecule has 0 radical (unpaired) electrons. The Bertz CT molecular complexity index is 1300. The highest BCUT2D eigenvalue weighted by Crippen LogP contribution is 2.38. The van der Waals surface area contributed by atoms with Crippen LogP contribution in [0.3, 0.4) is 0 Å². The van der Waals surface area contributed by atoms with Crippen LogP contribution in [0.15, 0.2) is 60.7 Å². The summed E-state index contributed by atoms with van der Waals surface area (Å²) in [5, 5.41) is 0. The van der Waals surface area contributed by atoms with E-state index >= 15 is 0 Å². The quantitative estimate of drug-likeness (QED) is 0.213. The zero-order valence-corrected chi connectivity index (χ0v) is 19.4. The third-order valence-electron chi connectivity index (χ3n) is 5.17. The summed E-state index contributed by atoms with van der Waals surface area (Å²) in [7, 11) is 0. The molecule has 0 aliphatic heterocycles. The minimum atomic E-state index is -5.14. The average Bonchev–Trinajstić information content (AvgIpc) is 2.83. The Balaban J connectivity index is 1.82. The molecular weight excluding hydrogens is 576 g/mol. The van der Waals surface area contributed by atoms with Gasteiger partial charge in [0.25, 0.3) is 0 Å². The number of esters is 1. The number of para-hydroxylation sites is 1. The van der Waals surface area contributed by atoms with Gasteiger partial charge >= 0.3 is 30.7 Å². The van der Waals surface area contributed by atoms with E-state index < -0.39 is 88.6 Å². The molecule has 0 bridgehead atoms. The highest BCUT2D eigenvalue weighted by Gasteiger charge is 2.38. The van der Waals surface area contributed by atoms with Crippen molar-refractivity contribution in [3.8, 4) is 5.75 Å². The molecule has 0 saturated heterocycles. The van der Waals surface area contributed by atoms with Gasteiger partial charge in [-0.2, -0.15) is 52.7 Å². The lowest BCUT2D eigenvalue weighted by Crippen LogP contribution is -2.14. The maximum Gasteiger partial charge on any atom is 0.416 e. The summed E-state index contributed by atoms with van der Waals surface area (Å²) in [5.74, 6) is -1.69. The summed E-state index contributed by atoms with van der Waals surface area (Å²) in [6, 6.07) is 5.97. The van der Waals surface area contributed by atoms with Crippen LogP contribution in [0.4, 0.5) is 52.7 Å². The van der Waals surface area contributed by atoms with Gasteiger partial charge in [0.05, 0.1) is 22.3 Å². The van der Waals surface area contributed by atoms with Crippen LogP contribution in [-0.2, 0) is 42.7 Å². The van der Waals surface area contributed by atoms with Crippen molar-refractivity contribution in [3.05, 3.63) is 99.6 Å². The number of benzene rings is 3. The van der Waals surface area contributed by atoms with E-state index in [1.165, 1.54) is 12.1 Å². The Hall–Kier alpha value is -3.91. The number of carbonyl (C=O) groups excluding carboxylic acids is 1. The number of hydrogen-bond donors (Lipinski definition) is 0. The fourth-order valence-corrected chi connectivity index (χ4v) is 3.35. The Labute approximate surface area is 216 Å². The Kier molecular flexibility index (Phi) is 8.37. The number of halogens is 12. The van der Waals surface area contributed by atoms with E-state index in [1.807, 2.05) is 0 Å². The normalized spacial score (nSPS) is 12.8. The summed E-state index contributed by atoms with van der Waals surface area (Å²) in [6.45, 7) is -1.91. The molecule has 0 saturated carbocycles. The first-order valence-corrected chi connectivity index (χ1v) is 10.7. The second kappa shape index (κ2) is 10.9. The molecule has 0 aliphatic carbocycles. The van der Waals surface area contributed by atoms with Crippen molar-refractivity contribution in [1.82, 2.24) is 0 Å². The molecule has 0 fully saturated rings. The molecule has 216 valence electrons. The van der Waals surface area contributed by atoms with E-state index in [0.29, 0.717) is 24.3 Å². The van der Waals surface area contributed by atoms with Crippen molar-refractivity contribution in [2.45, 2.75) is 37.9 Å². The lowest BCUT2D eigenvalue weighted by Gasteiger charge is -2.16. The third-order valence-corrected chi connectivity index (χ3v) is 5.17. The number of carbonyl (C=O) groups is 1. The lowest BCUT2D eigenvalue weighted by atomic mass is 10.1. The molecule has 0 aliphatic rings. The van der Waals surface area contributed by atoms with Gasteiger partial charge in [0.1, 0.15) is 24.5 Å². The van der Waals surface area contributed by atoms with E-state index in [1.54, 1.807) is 0 Å². The van der Waals surface area contributed by atoms with E-state index in [9.17, 15) is 57.5 Å². The van der Waals surface area contributed by atoms with Gasteiger partial charge in [-0.1, -0.05) is 12.1 Å². The van der Waals surface area contributed by atoms with Gasteiger partial charge in [-0.25, -0.2) is 4.79 Å². The summed E-state index contributed by atoms with van der Waals surface area (Å²) in [4.78, 5) is 12.5. The van der Waals surface area contributed by atoms with Gasteiger partial charge in [-0.3, -0.25) is 0 Å². The van der Waals surface area contributed by atoms with E-state index in [0.717, 1.165) is 12.1 Å². The minimum Gasteiger partial charge on any atom is -0.488 e. The number of alkyl halides is 12. The Morgan fingerprint density at radius 1 is 0.550 bits per heavy atom. The maximum atomic E-state index is 13.1. The number of hydrogen-bond acceptors (Lipinski definition) is 3. The van der Waals surface area contributed by atoms with Gasteiger partial charge in [-0.15, -0.1) is 0 Å². The van der Waals surface area contributed by atoms with Crippen molar-refractivity contribution >= 4 is 5.97 Å². The molecule has 3 nitrogen and oxygen atoms in total. The predicted molar refractivity (Wildman–Crippen MR) is 113 cm³/mol. The van der Waals surface area contributed by atoms with Crippen LogP contribution in [0.2, 0.25) is 0 Å². The molecule has 15 heteroatoms. The molecular formula is C25H14F12O3. The first kappa shape index (κ1) is 30.6. The van der Waals surface area contributed by atoms with Crippen molar-refractivity contribution in [1.29, 1.82) is 0 Å². The molecule has 40 heavy (non-hydrogen) atoms. The van der Waals surface area contributed by atoms with Crippen LogP contribution in [-0.4, -0.2) is 5.97 Å². The summed E-state index contributed by atoms with van der Waals surface area (Å²) < 4.78 is 167. The second-order valence-corrected chi connectivity index (χ2v) is 8.19. The second-order valence-electron chi connectivity index (χ2n) is 8.19. The fraction of sp³-hybridized carbons (Fsp3) is 0.240. The van der Waals surface area contributed by atoms with Gasteiger partial charge in [0.15, 0.2) is 0 Å².